The number of aryl methyl sites for hydroxylation is 2. The molecule has 0 aliphatic carbocycles. The number of hydrogen-bond donors (Lipinski definition) is 1. The Hall–Kier alpha value is -3.19. The number of aromatic nitrogens is 3. The van der Waals surface area contributed by atoms with Crippen molar-refractivity contribution in [1.29, 1.82) is 0 Å². The van der Waals surface area contributed by atoms with Crippen molar-refractivity contribution in [3.05, 3.63) is 93.8 Å². The Kier molecular flexibility index (Phi) is 5.70. The molecule has 0 amide bonds. The van der Waals surface area contributed by atoms with Gasteiger partial charge in [-0.25, -0.2) is 13.8 Å². The molecule has 1 N–H and O–H groups in total. The lowest BCUT2D eigenvalue weighted by Crippen LogP contribution is -2.16. The average Bonchev–Trinajstić information content (AvgIpc) is 2.96. The molecule has 8 heteroatoms. The van der Waals surface area contributed by atoms with Crippen molar-refractivity contribution in [2.45, 2.75) is 20.4 Å². The molecule has 5 nitrogen and oxygen atoms in total. The maximum atomic E-state index is 14.0. The largest absolute Gasteiger partial charge is 0.378 e. The summed E-state index contributed by atoms with van der Waals surface area (Å²) in [6.07, 6.45) is 3.49. The Bertz CT molecular complexity index is 1230. The van der Waals surface area contributed by atoms with Gasteiger partial charge in [-0.05, 0) is 38.1 Å². The second kappa shape index (κ2) is 8.05. The van der Waals surface area contributed by atoms with Crippen molar-refractivity contribution in [3.63, 3.8) is 0 Å². The van der Waals surface area contributed by atoms with Crippen molar-refractivity contribution in [2.24, 2.45) is 0 Å². The number of nitrogens with zero attached hydrogens (tertiary/aromatic N) is 3. The first kappa shape index (κ1) is 20.5. The molecule has 4 rings (SSSR count). The molecular weight excluding hydrogens is 398 g/mol. The molecule has 0 radical (unpaired) electrons. The molecule has 0 atom stereocenters. The van der Waals surface area contributed by atoms with E-state index in [9.17, 15) is 13.6 Å². The Morgan fingerprint density at radius 2 is 1.79 bits per heavy atom. The zero-order valence-electron chi connectivity index (χ0n) is 15.8. The number of nitrogens with one attached hydrogen (secondary N) is 1. The highest BCUT2D eigenvalue weighted by Crippen LogP contribution is 2.24. The number of pyridine rings is 2. The summed E-state index contributed by atoms with van der Waals surface area (Å²) in [4.78, 5) is 16.8. The maximum Gasteiger partial charge on any atom is 0.255 e. The van der Waals surface area contributed by atoms with E-state index in [0.29, 0.717) is 17.0 Å². The van der Waals surface area contributed by atoms with Crippen LogP contribution in [0.5, 0.6) is 0 Å². The lowest BCUT2D eigenvalue weighted by atomic mass is 10.2. The number of benzene rings is 1. The Morgan fingerprint density at radius 3 is 2.48 bits per heavy atom. The predicted molar refractivity (Wildman–Crippen MR) is 111 cm³/mol. The molecule has 0 fully saturated rings. The number of hydrogen-bond acceptors (Lipinski definition) is 3. The van der Waals surface area contributed by atoms with Gasteiger partial charge in [-0.1, -0.05) is 12.1 Å². The minimum atomic E-state index is -0.616. The lowest BCUT2D eigenvalue weighted by Gasteiger charge is -2.13. The van der Waals surface area contributed by atoms with Crippen LogP contribution in [0, 0.1) is 25.5 Å². The van der Waals surface area contributed by atoms with Crippen LogP contribution in [-0.4, -0.2) is 14.0 Å². The minimum Gasteiger partial charge on any atom is -0.378 e. The van der Waals surface area contributed by atoms with Crippen molar-refractivity contribution in [3.8, 4) is 5.69 Å². The van der Waals surface area contributed by atoms with E-state index in [1.807, 2.05) is 24.4 Å². The molecule has 0 saturated heterocycles. The summed E-state index contributed by atoms with van der Waals surface area (Å²) >= 11 is 0. The van der Waals surface area contributed by atoms with Gasteiger partial charge in [-0.3, -0.25) is 9.36 Å². The quantitative estimate of drug-likeness (QED) is 0.536. The minimum absolute atomic E-state index is 0. The van der Waals surface area contributed by atoms with Crippen molar-refractivity contribution < 1.29 is 8.78 Å². The van der Waals surface area contributed by atoms with Crippen LogP contribution < -0.4 is 10.9 Å². The first-order valence-corrected chi connectivity index (χ1v) is 8.80. The van der Waals surface area contributed by atoms with Gasteiger partial charge >= 0.3 is 0 Å². The fourth-order valence-corrected chi connectivity index (χ4v) is 3.14. The third kappa shape index (κ3) is 3.73. The molecule has 0 unspecified atom stereocenters. The SMILES string of the molecule is Cc1nc2c(NCc3c(F)cccc3F)cc(-n3ccccc3=O)cn2c1C.Cl. The van der Waals surface area contributed by atoms with Crippen LogP contribution in [-0.2, 0) is 6.54 Å². The number of imidazole rings is 1. The van der Waals surface area contributed by atoms with Crippen LogP contribution in [0.25, 0.3) is 11.3 Å². The molecule has 0 saturated carbocycles. The van der Waals surface area contributed by atoms with E-state index >= 15 is 0 Å². The third-order valence-electron chi connectivity index (χ3n) is 4.80. The van der Waals surface area contributed by atoms with Gasteiger partial charge in [0.1, 0.15) is 11.6 Å². The van der Waals surface area contributed by atoms with Crippen LogP contribution in [0.3, 0.4) is 0 Å². The normalized spacial score (nSPS) is 10.8. The molecule has 29 heavy (non-hydrogen) atoms. The highest BCUT2D eigenvalue weighted by molar-refractivity contribution is 5.85. The van der Waals surface area contributed by atoms with Crippen LogP contribution >= 0.6 is 12.4 Å². The summed E-state index contributed by atoms with van der Waals surface area (Å²) in [7, 11) is 0. The number of anilines is 1. The zero-order chi connectivity index (χ0) is 19.8. The second-order valence-corrected chi connectivity index (χ2v) is 6.55. The summed E-state index contributed by atoms with van der Waals surface area (Å²) < 4.78 is 31.3. The molecule has 3 heterocycles. The fourth-order valence-electron chi connectivity index (χ4n) is 3.14. The third-order valence-corrected chi connectivity index (χ3v) is 4.80. The number of halogens is 3. The van der Waals surface area contributed by atoms with Crippen LogP contribution in [0.4, 0.5) is 14.5 Å². The van der Waals surface area contributed by atoms with E-state index < -0.39 is 11.6 Å². The summed E-state index contributed by atoms with van der Waals surface area (Å²) in [5.74, 6) is -1.23. The fraction of sp³-hybridized carbons (Fsp3) is 0.143. The van der Waals surface area contributed by atoms with E-state index in [4.69, 9.17) is 0 Å². The molecule has 150 valence electrons. The number of fused-ring (bicyclic) bond motifs is 1. The highest BCUT2D eigenvalue weighted by atomic mass is 35.5. The number of rotatable bonds is 4. The van der Waals surface area contributed by atoms with Crippen LogP contribution in [0.1, 0.15) is 17.0 Å². The highest BCUT2D eigenvalue weighted by Gasteiger charge is 2.14. The van der Waals surface area contributed by atoms with Gasteiger partial charge in [0.05, 0.1) is 17.1 Å². The van der Waals surface area contributed by atoms with Crippen molar-refractivity contribution in [1.82, 2.24) is 14.0 Å². The Morgan fingerprint density at radius 1 is 1.07 bits per heavy atom. The molecular formula is C21H19ClF2N4O. The smallest absolute Gasteiger partial charge is 0.255 e. The first-order valence-electron chi connectivity index (χ1n) is 8.80. The van der Waals surface area contributed by atoms with Gasteiger partial charge in [-0.15, -0.1) is 12.4 Å². The van der Waals surface area contributed by atoms with E-state index in [-0.39, 0.29) is 30.1 Å². The van der Waals surface area contributed by atoms with Crippen molar-refractivity contribution >= 4 is 23.7 Å². The summed E-state index contributed by atoms with van der Waals surface area (Å²) in [5, 5.41) is 3.08. The Balaban J connectivity index is 0.00000240. The maximum absolute atomic E-state index is 14.0. The first-order chi connectivity index (χ1) is 13.5. The Labute approximate surface area is 172 Å². The molecule has 1 aromatic carbocycles. The van der Waals surface area contributed by atoms with Gasteiger partial charge in [0.15, 0.2) is 5.65 Å². The van der Waals surface area contributed by atoms with E-state index in [1.54, 1.807) is 24.4 Å². The van der Waals surface area contributed by atoms with E-state index in [2.05, 4.69) is 10.3 Å². The average molecular weight is 417 g/mol. The second-order valence-electron chi connectivity index (χ2n) is 6.55. The van der Waals surface area contributed by atoms with Gasteiger partial charge in [0.25, 0.3) is 5.56 Å². The lowest BCUT2D eigenvalue weighted by molar-refractivity contribution is 0.560. The van der Waals surface area contributed by atoms with Gasteiger partial charge in [0, 0.05) is 36.3 Å². The van der Waals surface area contributed by atoms with Gasteiger partial charge < -0.3 is 9.72 Å². The monoisotopic (exact) mass is 416 g/mol. The summed E-state index contributed by atoms with van der Waals surface area (Å²) in [6.45, 7) is 3.76. The molecule has 0 aliphatic heterocycles. The zero-order valence-corrected chi connectivity index (χ0v) is 16.6. The van der Waals surface area contributed by atoms with E-state index in [0.717, 1.165) is 11.4 Å². The van der Waals surface area contributed by atoms with E-state index in [1.165, 1.54) is 28.8 Å². The molecule has 0 bridgehead atoms. The molecule has 4 aromatic rings. The van der Waals surface area contributed by atoms with Gasteiger partial charge in [0.2, 0.25) is 0 Å². The predicted octanol–water partition coefficient (Wildman–Crippen LogP) is 4.41. The van der Waals surface area contributed by atoms with Crippen LogP contribution in [0.2, 0.25) is 0 Å². The molecule has 0 aliphatic rings. The van der Waals surface area contributed by atoms with Crippen LogP contribution in [0.15, 0.2) is 59.7 Å². The summed E-state index contributed by atoms with van der Waals surface area (Å²) in [5.41, 5.74) is 3.34. The van der Waals surface area contributed by atoms with Crippen molar-refractivity contribution in [2.75, 3.05) is 5.32 Å². The summed E-state index contributed by atoms with van der Waals surface area (Å²) in [6, 6.07) is 10.4. The van der Waals surface area contributed by atoms with Gasteiger partial charge in [-0.2, -0.15) is 0 Å². The standard InChI is InChI=1S/C21H18F2N4O.ClH/c1-13-14(2)27-12-15(26-9-4-3-8-20(26)28)10-19(21(27)25-13)24-11-16-17(22)6-5-7-18(16)23;/h3-10,12,24H,11H2,1-2H3;1H. The topological polar surface area (TPSA) is 51.3 Å². The molecule has 0 spiro atoms. The molecule has 3 aromatic heterocycles.